The lowest BCUT2D eigenvalue weighted by molar-refractivity contribution is -0.136. The van der Waals surface area contributed by atoms with Gasteiger partial charge in [-0.3, -0.25) is 15.0 Å². The van der Waals surface area contributed by atoms with Gasteiger partial charge in [0.25, 0.3) is 0 Å². The second-order valence-corrected chi connectivity index (χ2v) is 6.50. The molecule has 2 atom stereocenters. The Balaban J connectivity index is 1.66. The number of Topliss-reactive ketones (excluding diaryl/α,β-unsaturated/α-hetero) is 1. The summed E-state index contributed by atoms with van der Waals surface area (Å²) in [5.41, 5.74) is 11.2. The third-order valence-corrected chi connectivity index (χ3v) is 4.95. The first-order valence-electron chi connectivity index (χ1n) is 7.08. The first-order chi connectivity index (χ1) is 8.92. The SMILES string of the molecule is CC1CC(C(=O)N[C@]23CC[C@@](N)(CC2)C(=O)C3)NN1. The van der Waals surface area contributed by atoms with E-state index in [1.165, 1.54) is 0 Å². The molecule has 0 aromatic carbocycles. The smallest absolute Gasteiger partial charge is 0.238 e. The van der Waals surface area contributed by atoms with E-state index in [1.807, 2.05) is 6.92 Å². The van der Waals surface area contributed by atoms with Gasteiger partial charge in [0.2, 0.25) is 5.91 Å². The number of rotatable bonds is 2. The molecule has 6 nitrogen and oxygen atoms in total. The van der Waals surface area contributed by atoms with Crippen molar-refractivity contribution in [2.24, 2.45) is 5.73 Å². The maximum atomic E-state index is 12.3. The van der Waals surface area contributed by atoms with Crippen LogP contribution in [0.1, 0.15) is 45.4 Å². The molecule has 0 spiro atoms. The predicted octanol–water partition coefficient (Wildman–Crippen LogP) is -0.659. The van der Waals surface area contributed by atoms with Crippen molar-refractivity contribution in [1.29, 1.82) is 0 Å². The number of hydrogen-bond donors (Lipinski definition) is 4. The van der Waals surface area contributed by atoms with Crippen molar-refractivity contribution in [2.45, 2.75) is 68.6 Å². The molecule has 2 bridgehead atoms. The van der Waals surface area contributed by atoms with Crippen LogP contribution in [-0.4, -0.2) is 34.9 Å². The van der Waals surface area contributed by atoms with E-state index in [9.17, 15) is 9.59 Å². The number of fused-ring (bicyclic) bond motifs is 3. The van der Waals surface area contributed by atoms with Crippen LogP contribution in [0, 0.1) is 0 Å². The Morgan fingerprint density at radius 2 is 2.00 bits per heavy atom. The average Bonchev–Trinajstić information content (AvgIpc) is 2.79. The van der Waals surface area contributed by atoms with E-state index in [4.69, 9.17) is 5.73 Å². The zero-order chi connectivity index (χ0) is 13.7. The quantitative estimate of drug-likeness (QED) is 0.532. The number of amides is 1. The van der Waals surface area contributed by atoms with Crippen molar-refractivity contribution < 1.29 is 9.59 Å². The van der Waals surface area contributed by atoms with Crippen LogP contribution < -0.4 is 21.9 Å². The molecule has 3 saturated carbocycles. The summed E-state index contributed by atoms with van der Waals surface area (Å²) in [6.45, 7) is 2.03. The van der Waals surface area contributed by atoms with Gasteiger partial charge in [-0.25, -0.2) is 5.43 Å². The van der Waals surface area contributed by atoms with Gasteiger partial charge in [0.05, 0.1) is 5.54 Å². The van der Waals surface area contributed by atoms with E-state index >= 15 is 0 Å². The van der Waals surface area contributed by atoms with Crippen LogP contribution in [0.5, 0.6) is 0 Å². The van der Waals surface area contributed by atoms with Gasteiger partial charge >= 0.3 is 0 Å². The Morgan fingerprint density at radius 3 is 2.53 bits per heavy atom. The number of carbonyl (C=O) groups is 2. The summed E-state index contributed by atoms with van der Waals surface area (Å²) in [6.07, 6.45) is 4.19. The van der Waals surface area contributed by atoms with E-state index in [0.29, 0.717) is 25.3 Å². The maximum absolute atomic E-state index is 12.3. The van der Waals surface area contributed by atoms with E-state index in [1.54, 1.807) is 0 Å². The Morgan fingerprint density at radius 1 is 1.32 bits per heavy atom. The lowest BCUT2D eigenvalue weighted by Crippen LogP contribution is -2.67. The highest BCUT2D eigenvalue weighted by Crippen LogP contribution is 2.43. The molecule has 4 rings (SSSR count). The molecule has 2 unspecified atom stereocenters. The number of nitrogens with two attached hydrogens (primary N) is 1. The molecule has 5 N–H and O–H groups in total. The molecule has 6 heteroatoms. The summed E-state index contributed by atoms with van der Waals surface area (Å²) in [5.74, 6) is 0.104. The Hall–Kier alpha value is -0.980. The summed E-state index contributed by atoms with van der Waals surface area (Å²) in [4.78, 5) is 24.3. The van der Waals surface area contributed by atoms with Gasteiger partial charge in [0.1, 0.15) is 6.04 Å². The maximum Gasteiger partial charge on any atom is 0.238 e. The van der Waals surface area contributed by atoms with Gasteiger partial charge in [0, 0.05) is 18.0 Å². The molecule has 1 heterocycles. The van der Waals surface area contributed by atoms with Crippen LogP contribution in [0.3, 0.4) is 0 Å². The van der Waals surface area contributed by atoms with Gasteiger partial charge < -0.3 is 11.1 Å². The number of nitrogens with one attached hydrogen (secondary N) is 3. The van der Waals surface area contributed by atoms with E-state index in [-0.39, 0.29) is 23.3 Å². The zero-order valence-electron chi connectivity index (χ0n) is 11.3. The molecule has 1 aliphatic heterocycles. The summed E-state index contributed by atoms with van der Waals surface area (Å²) >= 11 is 0. The molecule has 0 radical (unpaired) electrons. The molecule has 4 fully saturated rings. The summed E-state index contributed by atoms with van der Waals surface area (Å²) in [7, 11) is 0. The van der Waals surface area contributed by atoms with Gasteiger partial charge in [-0.05, 0) is 39.0 Å². The summed E-state index contributed by atoms with van der Waals surface area (Å²) < 4.78 is 0. The minimum atomic E-state index is -0.617. The Bertz CT molecular complexity index is 415. The molecular formula is C13H22N4O2. The van der Waals surface area contributed by atoms with Crippen LogP contribution >= 0.6 is 0 Å². The third kappa shape index (κ3) is 2.17. The highest BCUT2D eigenvalue weighted by molar-refractivity contribution is 5.92. The fraction of sp³-hybridized carbons (Fsp3) is 0.846. The molecule has 4 aliphatic rings. The third-order valence-electron chi connectivity index (χ3n) is 4.95. The normalized spacial score (nSPS) is 45.5. The summed E-state index contributed by atoms with van der Waals surface area (Å²) in [6, 6.07) is 0.0928. The number of hydrazine groups is 1. The molecule has 19 heavy (non-hydrogen) atoms. The largest absolute Gasteiger partial charge is 0.349 e. The highest BCUT2D eigenvalue weighted by Gasteiger charge is 2.53. The first kappa shape index (κ1) is 13.0. The summed E-state index contributed by atoms with van der Waals surface area (Å²) in [5, 5.41) is 3.11. The lowest BCUT2D eigenvalue weighted by Gasteiger charge is -2.50. The van der Waals surface area contributed by atoms with Crippen molar-refractivity contribution in [3.8, 4) is 0 Å². The minimum Gasteiger partial charge on any atom is -0.349 e. The van der Waals surface area contributed by atoms with Crippen molar-refractivity contribution >= 4 is 11.7 Å². The molecule has 1 amide bonds. The monoisotopic (exact) mass is 266 g/mol. The van der Waals surface area contributed by atoms with Crippen molar-refractivity contribution in [3.63, 3.8) is 0 Å². The van der Waals surface area contributed by atoms with E-state index < -0.39 is 5.54 Å². The van der Waals surface area contributed by atoms with Crippen LogP contribution in [0.2, 0.25) is 0 Å². The van der Waals surface area contributed by atoms with Gasteiger partial charge in [-0.15, -0.1) is 0 Å². The van der Waals surface area contributed by atoms with Gasteiger partial charge in [-0.1, -0.05) is 0 Å². The van der Waals surface area contributed by atoms with Gasteiger partial charge in [-0.2, -0.15) is 0 Å². The fourth-order valence-corrected chi connectivity index (χ4v) is 3.52. The van der Waals surface area contributed by atoms with Crippen molar-refractivity contribution in [1.82, 2.24) is 16.2 Å². The van der Waals surface area contributed by atoms with Crippen LogP contribution in [0.15, 0.2) is 0 Å². The second kappa shape index (κ2) is 4.26. The Kier molecular flexibility index (Phi) is 2.92. The molecule has 106 valence electrons. The van der Waals surface area contributed by atoms with Crippen LogP contribution in [-0.2, 0) is 9.59 Å². The fourth-order valence-electron chi connectivity index (χ4n) is 3.52. The highest BCUT2D eigenvalue weighted by atomic mass is 16.2. The minimum absolute atomic E-state index is 0.00364. The molecule has 3 aliphatic carbocycles. The topological polar surface area (TPSA) is 96.2 Å². The number of ketones is 1. The van der Waals surface area contributed by atoms with Crippen LogP contribution in [0.25, 0.3) is 0 Å². The standard InChI is InChI=1S/C13H22N4O2/c1-8-6-9(17-16-8)11(19)15-12-2-4-13(14,5-3-12)10(18)7-12/h8-9,16-17H,2-7,14H2,1H3,(H,15,19)/t8?,9?,12-,13-. The van der Waals surface area contributed by atoms with E-state index in [0.717, 1.165) is 19.3 Å². The van der Waals surface area contributed by atoms with Gasteiger partial charge in [0.15, 0.2) is 5.78 Å². The van der Waals surface area contributed by atoms with Crippen LogP contribution in [0.4, 0.5) is 0 Å². The Labute approximate surface area is 112 Å². The average molecular weight is 266 g/mol. The molecule has 0 aromatic rings. The first-order valence-corrected chi connectivity index (χ1v) is 7.08. The predicted molar refractivity (Wildman–Crippen MR) is 70.0 cm³/mol. The number of carbonyl (C=O) groups excluding carboxylic acids is 2. The second-order valence-electron chi connectivity index (χ2n) is 6.50. The molecule has 0 aromatic heterocycles. The van der Waals surface area contributed by atoms with Crippen molar-refractivity contribution in [2.75, 3.05) is 0 Å². The van der Waals surface area contributed by atoms with Crippen molar-refractivity contribution in [3.05, 3.63) is 0 Å². The zero-order valence-corrected chi connectivity index (χ0v) is 11.3. The number of hydrogen-bond acceptors (Lipinski definition) is 5. The lowest BCUT2D eigenvalue weighted by atomic mass is 9.61. The van der Waals surface area contributed by atoms with E-state index in [2.05, 4.69) is 16.2 Å². The molecule has 1 saturated heterocycles. The molecular weight excluding hydrogens is 244 g/mol.